The Morgan fingerprint density at radius 3 is 2.49 bits per heavy atom. The van der Waals surface area contributed by atoms with Crippen molar-refractivity contribution < 1.29 is 18.8 Å². The normalized spacial score (nSPS) is 14.8. The van der Waals surface area contributed by atoms with Gasteiger partial charge in [0, 0.05) is 11.4 Å². The number of benzene rings is 2. The molecule has 0 bridgehead atoms. The molecule has 0 saturated heterocycles. The van der Waals surface area contributed by atoms with Crippen LogP contribution in [0.25, 0.3) is 10.8 Å². The monoisotopic (exact) mass is 517 g/mol. The van der Waals surface area contributed by atoms with Gasteiger partial charge in [0.05, 0.1) is 17.6 Å². The van der Waals surface area contributed by atoms with Gasteiger partial charge in [0.25, 0.3) is 17.7 Å². The molecule has 2 heterocycles. The fraction of sp³-hybridized carbons (Fsp3) is 0.259. The lowest BCUT2D eigenvalue weighted by Gasteiger charge is -2.32. The Kier molecular flexibility index (Phi) is 6.91. The Hall–Kier alpha value is -4.18. The van der Waals surface area contributed by atoms with Crippen molar-refractivity contribution in [3.63, 3.8) is 0 Å². The predicted octanol–water partition coefficient (Wildman–Crippen LogP) is 4.41. The smallest absolute Gasteiger partial charge is 0.273 e. The van der Waals surface area contributed by atoms with Gasteiger partial charge in [-0.25, -0.2) is 0 Å². The van der Waals surface area contributed by atoms with Gasteiger partial charge in [-0.2, -0.15) is 4.37 Å². The number of fused-ring (bicyclic) bond motifs is 1. The van der Waals surface area contributed by atoms with Crippen molar-refractivity contribution in [1.29, 1.82) is 0 Å². The number of anilines is 2. The van der Waals surface area contributed by atoms with Gasteiger partial charge in [0.15, 0.2) is 11.7 Å². The Morgan fingerprint density at radius 2 is 1.78 bits per heavy atom. The summed E-state index contributed by atoms with van der Waals surface area (Å²) < 4.78 is 9.71. The van der Waals surface area contributed by atoms with E-state index in [2.05, 4.69) is 9.69 Å². The number of aromatic nitrogens is 1. The molecule has 190 valence electrons. The molecule has 0 spiro atoms. The number of nitrogen functional groups attached to an aromatic ring is 1. The van der Waals surface area contributed by atoms with Crippen molar-refractivity contribution in [3.8, 4) is 0 Å². The number of furan rings is 1. The second-order valence-electron chi connectivity index (χ2n) is 9.07. The maximum atomic E-state index is 14.2. The van der Waals surface area contributed by atoms with E-state index in [9.17, 15) is 14.4 Å². The molecule has 5 N–H and O–H groups in total. The summed E-state index contributed by atoms with van der Waals surface area (Å²) in [5, 5.41) is 4.79. The molecular formula is C27H27N5O4S. The number of nitrogens with zero attached hydrogens (tertiary/aromatic N) is 2. The molecule has 3 amide bonds. The van der Waals surface area contributed by atoms with E-state index in [-0.39, 0.29) is 28.2 Å². The number of carbonyl (C=O) groups is 3. The molecule has 0 radical (unpaired) electrons. The van der Waals surface area contributed by atoms with Crippen LogP contribution in [0.5, 0.6) is 0 Å². The number of nitrogens with two attached hydrogens (primary N) is 2. The molecular weight excluding hydrogens is 490 g/mol. The summed E-state index contributed by atoms with van der Waals surface area (Å²) in [6.07, 6.45) is 6.44. The minimum atomic E-state index is -1.13. The van der Waals surface area contributed by atoms with Crippen molar-refractivity contribution >= 4 is 51.4 Å². The first-order valence-electron chi connectivity index (χ1n) is 12.2. The maximum Gasteiger partial charge on any atom is 0.273 e. The highest BCUT2D eigenvalue weighted by Gasteiger charge is 2.39. The van der Waals surface area contributed by atoms with Crippen molar-refractivity contribution in [3.05, 3.63) is 77.2 Å². The molecule has 1 atom stereocenters. The molecule has 0 unspecified atom stereocenters. The quantitative estimate of drug-likeness (QED) is 0.331. The van der Waals surface area contributed by atoms with Crippen molar-refractivity contribution in [2.75, 3.05) is 10.6 Å². The summed E-state index contributed by atoms with van der Waals surface area (Å²) in [5.41, 5.74) is 11.8. The lowest BCUT2D eigenvalue weighted by Crippen LogP contribution is -2.47. The van der Waals surface area contributed by atoms with E-state index in [1.54, 1.807) is 18.2 Å². The molecule has 9 nitrogen and oxygen atoms in total. The molecule has 2 aromatic carbocycles. The van der Waals surface area contributed by atoms with Gasteiger partial charge in [0.1, 0.15) is 10.6 Å². The summed E-state index contributed by atoms with van der Waals surface area (Å²) >= 11 is 0.774. The number of hydrogen-bond donors (Lipinski definition) is 3. The van der Waals surface area contributed by atoms with Gasteiger partial charge in [-0.3, -0.25) is 19.3 Å². The summed E-state index contributed by atoms with van der Waals surface area (Å²) in [7, 11) is 0. The second kappa shape index (κ2) is 10.4. The third-order valence-electron chi connectivity index (χ3n) is 6.67. The highest BCUT2D eigenvalue weighted by molar-refractivity contribution is 7.09. The Balaban J connectivity index is 1.67. The van der Waals surface area contributed by atoms with Crippen LogP contribution in [0.1, 0.15) is 64.1 Å². The average Bonchev–Trinajstić information content (AvgIpc) is 3.57. The van der Waals surface area contributed by atoms with Gasteiger partial charge in [0.2, 0.25) is 0 Å². The van der Waals surface area contributed by atoms with Crippen LogP contribution < -0.4 is 21.7 Å². The Bertz CT molecular complexity index is 1440. The lowest BCUT2D eigenvalue weighted by molar-refractivity contribution is -0.123. The third-order valence-corrected chi connectivity index (χ3v) is 7.52. The topological polar surface area (TPSA) is 145 Å². The van der Waals surface area contributed by atoms with Gasteiger partial charge >= 0.3 is 0 Å². The molecule has 1 aliphatic rings. The van der Waals surface area contributed by atoms with E-state index in [0.29, 0.717) is 11.4 Å². The first kappa shape index (κ1) is 24.5. The lowest BCUT2D eigenvalue weighted by atomic mass is 9.95. The zero-order valence-electron chi connectivity index (χ0n) is 20.1. The predicted molar refractivity (Wildman–Crippen MR) is 142 cm³/mol. The molecule has 4 aromatic rings. The third kappa shape index (κ3) is 4.79. The SMILES string of the molecule is NC(=O)c1nsc(C(=O)N(c2cccc3ccccc23)[C@H](C(=O)NC2CCCCC2)c2ccco2)c1N. The van der Waals surface area contributed by atoms with Crippen LogP contribution in [0.4, 0.5) is 11.4 Å². The number of hydrogen-bond acceptors (Lipinski definition) is 7. The fourth-order valence-corrected chi connectivity index (χ4v) is 5.61. The summed E-state index contributed by atoms with van der Waals surface area (Å²) in [6, 6.07) is 15.3. The second-order valence-corrected chi connectivity index (χ2v) is 9.85. The van der Waals surface area contributed by atoms with Crippen molar-refractivity contribution in [1.82, 2.24) is 9.69 Å². The van der Waals surface area contributed by atoms with Crippen molar-refractivity contribution in [2.45, 2.75) is 44.2 Å². The molecule has 2 aromatic heterocycles. The van der Waals surface area contributed by atoms with E-state index in [0.717, 1.165) is 54.4 Å². The molecule has 1 aliphatic carbocycles. The highest BCUT2D eigenvalue weighted by Crippen LogP contribution is 2.37. The Labute approximate surface area is 217 Å². The van der Waals surface area contributed by atoms with Gasteiger partial charge < -0.3 is 21.2 Å². The van der Waals surface area contributed by atoms with E-state index < -0.39 is 17.9 Å². The van der Waals surface area contributed by atoms with E-state index >= 15 is 0 Å². The van der Waals surface area contributed by atoms with E-state index in [1.165, 1.54) is 11.2 Å². The zero-order valence-corrected chi connectivity index (χ0v) is 20.9. The molecule has 0 aliphatic heterocycles. The van der Waals surface area contributed by atoms with Crippen LogP contribution in [0.15, 0.2) is 65.3 Å². The van der Waals surface area contributed by atoms with Crippen LogP contribution in [-0.2, 0) is 4.79 Å². The van der Waals surface area contributed by atoms with Crippen LogP contribution in [0, 0.1) is 0 Å². The zero-order chi connectivity index (χ0) is 25.9. The van der Waals surface area contributed by atoms with Gasteiger partial charge in [-0.15, -0.1) is 0 Å². The fourth-order valence-electron chi connectivity index (χ4n) is 4.87. The number of nitrogens with one attached hydrogen (secondary N) is 1. The molecule has 37 heavy (non-hydrogen) atoms. The molecule has 5 rings (SSSR count). The Morgan fingerprint density at radius 1 is 1.03 bits per heavy atom. The number of rotatable bonds is 7. The first-order valence-corrected chi connectivity index (χ1v) is 12.9. The summed E-state index contributed by atoms with van der Waals surface area (Å²) in [4.78, 5) is 41.3. The van der Waals surface area contributed by atoms with Gasteiger partial charge in [-0.1, -0.05) is 55.7 Å². The van der Waals surface area contributed by atoms with E-state index in [1.807, 2.05) is 36.4 Å². The maximum absolute atomic E-state index is 14.2. The average molecular weight is 518 g/mol. The highest BCUT2D eigenvalue weighted by atomic mass is 32.1. The van der Waals surface area contributed by atoms with Crippen LogP contribution in [0.3, 0.4) is 0 Å². The number of primary amides is 1. The van der Waals surface area contributed by atoms with Crippen molar-refractivity contribution in [2.24, 2.45) is 5.73 Å². The summed E-state index contributed by atoms with van der Waals surface area (Å²) in [5.74, 6) is -1.48. The standard InChI is InChI=1S/C27H27N5O4S/c28-21-22(25(29)33)31-37-24(21)27(35)32(19-13-6-9-16-8-4-5-12-18(16)19)23(20-14-7-15-36-20)26(34)30-17-10-2-1-3-11-17/h4-9,12-15,17,23H,1-3,10-11,28H2,(H2,29,33)(H,30,34)/t23-/m0/s1. The largest absolute Gasteiger partial charge is 0.467 e. The van der Waals surface area contributed by atoms with Crippen LogP contribution in [0.2, 0.25) is 0 Å². The first-order chi connectivity index (χ1) is 18.0. The molecule has 10 heteroatoms. The molecule has 1 saturated carbocycles. The van der Waals surface area contributed by atoms with Crippen LogP contribution >= 0.6 is 11.5 Å². The number of carbonyl (C=O) groups excluding carboxylic acids is 3. The minimum Gasteiger partial charge on any atom is -0.467 e. The van der Waals surface area contributed by atoms with Gasteiger partial charge in [-0.05, 0) is 48.0 Å². The minimum absolute atomic E-state index is 0.0121. The molecule has 1 fully saturated rings. The number of amides is 3. The summed E-state index contributed by atoms with van der Waals surface area (Å²) in [6.45, 7) is 0. The van der Waals surface area contributed by atoms with E-state index in [4.69, 9.17) is 15.9 Å². The van der Waals surface area contributed by atoms with Crippen LogP contribution in [-0.4, -0.2) is 28.1 Å².